The third-order valence-electron chi connectivity index (χ3n) is 2.38. The molecule has 0 saturated carbocycles. The van der Waals surface area contributed by atoms with Crippen molar-refractivity contribution in [3.8, 4) is 0 Å². The number of rotatable bonds is 4. The number of hydrogen-bond donors (Lipinski definition) is 1. The maximum Gasteiger partial charge on any atom is 0.138 e. The van der Waals surface area contributed by atoms with E-state index in [-0.39, 0.29) is 12.0 Å². The number of aryl methyl sites for hydroxylation is 1. The summed E-state index contributed by atoms with van der Waals surface area (Å²) in [4.78, 5) is 4.11. The van der Waals surface area contributed by atoms with Gasteiger partial charge in [0.05, 0.1) is 6.10 Å². The van der Waals surface area contributed by atoms with E-state index in [1.807, 2.05) is 20.9 Å². The summed E-state index contributed by atoms with van der Waals surface area (Å²) in [6.07, 6.45) is 2.88. The van der Waals surface area contributed by atoms with Crippen molar-refractivity contribution in [2.75, 3.05) is 0 Å². The fourth-order valence-electron chi connectivity index (χ4n) is 1.33. The van der Waals surface area contributed by atoms with Crippen LogP contribution in [0.15, 0.2) is 6.33 Å². The Balaban J connectivity index is 2.54. The molecule has 4 nitrogen and oxygen atoms in total. The lowest BCUT2D eigenvalue weighted by molar-refractivity contribution is 0.111. The van der Waals surface area contributed by atoms with Crippen LogP contribution in [0, 0.1) is 5.92 Å². The highest BCUT2D eigenvalue weighted by Crippen LogP contribution is 2.11. The van der Waals surface area contributed by atoms with Crippen LogP contribution in [0.1, 0.15) is 26.1 Å². The first-order valence-corrected chi connectivity index (χ1v) is 4.66. The van der Waals surface area contributed by atoms with Gasteiger partial charge < -0.3 is 5.11 Å². The smallest absolute Gasteiger partial charge is 0.138 e. The number of aliphatic hydroxyl groups excluding tert-OH is 1. The van der Waals surface area contributed by atoms with Crippen LogP contribution in [0.5, 0.6) is 0 Å². The SMILES string of the molecule is CCC(O)C(C)Cc1ncnn1C. The zero-order valence-electron chi connectivity index (χ0n) is 8.44. The van der Waals surface area contributed by atoms with Gasteiger partial charge in [-0.15, -0.1) is 0 Å². The lowest BCUT2D eigenvalue weighted by atomic mass is 9.99. The van der Waals surface area contributed by atoms with Gasteiger partial charge >= 0.3 is 0 Å². The molecule has 0 aliphatic carbocycles. The molecular formula is C9H17N3O. The molecule has 0 radical (unpaired) electrons. The van der Waals surface area contributed by atoms with Gasteiger partial charge in [0.15, 0.2) is 0 Å². The molecule has 74 valence electrons. The lowest BCUT2D eigenvalue weighted by Crippen LogP contribution is -2.20. The molecule has 1 aromatic rings. The summed E-state index contributed by atoms with van der Waals surface area (Å²) in [7, 11) is 1.87. The predicted octanol–water partition coefficient (Wildman–Crippen LogP) is 0.765. The molecule has 0 aromatic carbocycles. The van der Waals surface area contributed by atoms with Crippen LogP contribution in [0.2, 0.25) is 0 Å². The van der Waals surface area contributed by atoms with E-state index in [9.17, 15) is 5.11 Å². The zero-order chi connectivity index (χ0) is 9.84. The minimum Gasteiger partial charge on any atom is -0.393 e. The average molecular weight is 183 g/mol. The molecule has 0 saturated heterocycles. The van der Waals surface area contributed by atoms with Crippen molar-refractivity contribution in [1.82, 2.24) is 14.8 Å². The Morgan fingerprint density at radius 2 is 2.31 bits per heavy atom. The lowest BCUT2D eigenvalue weighted by Gasteiger charge is -2.15. The van der Waals surface area contributed by atoms with Gasteiger partial charge in [-0.25, -0.2) is 4.98 Å². The van der Waals surface area contributed by atoms with E-state index in [4.69, 9.17) is 0 Å². The molecule has 4 heteroatoms. The number of nitrogens with zero attached hydrogens (tertiary/aromatic N) is 3. The summed E-state index contributed by atoms with van der Waals surface area (Å²) in [5.41, 5.74) is 0. The average Bonchev–Trinajstić information content (AvgIpc) is 2.50. The van der Waals surface area contributed by atoms with Crippen LogP contribution in [0.3, 0.4) is 0 Å². The fraction of sp³-hybridized carbons (Fsp3) is 0.778. The van der Waals surface area contributed by atoms with Gasteiger partial charge in [-0.1, -0.05) is 13.8 Å². The van der Waals surface area contributed by atoms with E-state index in [1.54, 1.807) is 11.0 Å². The summed E-state index contributed by atoms with van der Waals surface area (Å²) in [6.45, 7) is 4.01. The molecule has 0 aliphatic heterocycles. The summed E-state index contributed by atoms with van der Waals surface area (Å²) in [5.74, 6) is 1.17. The zero-order valence-corrected chi connectivity index (χ0v) is 8.44. The van der Waals surface area contributed by atoms with Gasteiger partial charge in [-0.05, 0) is 12.3 Å². The Hall–Kier alpha value is -0.900. The quantitative estimate of drug-likeness (QED) is 0.750. The van der Waals surface area contributed by atoms with Crippen molar-refractivity contribution >= 4 is 0 Å². The summed E-state index contributed by atoms with van der Waals surface area (Å²) >= 11 is 0. The second-order valence-corrected chi connectivity index (χ2v) is 3.46. The molecule has 0 amide bonds. The summed E-state index contributed by atoms with van der Waals surface area (Å²) in [5, 5.41) is 13.5. The van der Waals surface area contributed by atoms with Gasteiger partial charge in [-0.3, -0.25) is 4.68 Å². The van der Waals surface area contributed by atoms with E-state index in [0.717, 1.165) is 18.7 Å². The number of aromatic nitrogens is 3. The molecular weight excluding hydrogens is 166 g/mol. The monoisotopic (exact) mass is 183 g/mol. The molecule has 13 heavy (non-hydrogen) atoms. The van der Waals surface area contributed by atoms with E-state index in [0.29, 0.717) is 0 Å². The summed E-state index contributed by atoms with van der Waals surface area (Å²) < 4.78 is 1.75. The molecule has 1 aromatic heterocycles. The van der Waals surface area contributed by atoms with Crippen molar-refractivity contribution in [3.05, 3.63) is 12.2 Å². The maximum atomic E-state index is 9.56. The molecule has 0 bridgehead atoms. The Labute approximate surface area is 78.6 Å². The van der Waals surface area contributed by atoms with E-state index >= 15 is 0 Å². The summed E-state index contributed by atoms with van der Waals surface area (Å²) in [6, 6.07) is 0. The first-order chi connectivity index (χ1) is 6.15. The number of aliphatic hydroxyl groups is 1. The largest absolute Gasteiger partial charge is 0.393 e. The van der Waals surface area contributed by atoms with Gasteiger partial charge in [0.25, 0.3) is 0 Å². The second-order valence-electron chi connectivity index (χ2n) is 3.46. The maximum absolute atomic E-state index is 9.56. The molecule has 1 N–H and O–H groups in total. The first-order valence-electron chi connectivity index (χ1n) is 4.66. The van der Waals surface area contributed by atoms with Crippen LogP contribution >= 0.6 is 0 Å². The normalized spacial score (nSPS) is 15.7. The molecule has 2 unspecified atom stereocenters. The highest BCUT2D eigenvalue weighted by atomic mass is 16.3. The Morgan fingerprint density at radius 1 is 1.62 bits per heavy atom. The van der Waals surface area contributed by atoms with E-state index in [1.165, 1.54) is 0 Å². The first kappa shape index (κ1) is 10.2. The third kappa shape index (κ3) is 2.52. The van der Waals surface area contributed by atoms with Gasteiger partial charge in [0.2, 0.25) is 0 Å². The Morgan fingerprint density at radius 3 is 2.77 bits per heavy atom. The van der Waals surface area contributed by atoms with Gasteiger partial charge in [0.1, 0.15) is 12.2 Å². The predicted molar refractivity (Wildman–Crippen MR) is 50.2 cm³/mol. The molecule has 0 fully saturated rings. The van der Waals surface area contributed by atoms with E-state index < -0.39 is 0 Å². The van der Waals surface area contributed by atoms with Crippen molar-refractivity contribution in [2.24, 2.45) is 13.0 Å². The standard InChI is InChI=1S/C9H17N3O/c1-4-8(13)7(2)5-9-10-6-11-12(9)3/h6-8,13H,4-5H2,1-3H3. The highest BCUT2D eigenvalue weighted by Gasteiger charge is 2.14. The third-order valence-corrected chi connectivity index (χ3v) is 2.38. The van der Waals surface area contributed by atoms with Crippen LogP contribution in [0.25, 0.3) is 0 Å². The van der Waals surface area contributed by atoms with E-state index in [2.05, 4.69) is 10.1 Å². The molecule has 0 aliphatic rings. The Kier molecular flexibility index (Phi) is 3.42. The van der Waals surface area contributed by atoms with Crippen LogP contribution in [-0.2, 0) is 13.5 Å². The number of hydrogen-bond acceptors (Lipinski definition) is 3. The molecule has 2 atom stereocenters. The van der Waals surface area contributed by atoms with Gasteiger partial charge in [-0.2, -0.15) is 5.10 Å². The molecule has 0 spiro atoms. The van der Waals surface area contributed by atoms with Crippen LogP contribution in [-0.4, -0.2) is 26.0 Å². The van der Waals surface area contributed by atoms with Gasteiger partial charge in [0, 0.05) is 13.5 Å². The Bertz CT molecular complexity index is 259. The second kappa shape index (κ2) is 4.37. The molecule has 1 rings (SSSR count). The highest BCUT2D eigenvalue weighted by molar-refractivity contribution is 4.86. The molecule has 1 heterocycles. The fourth-order valence-corrected chi connectivity index (χ4v) is 1.33. The van der Waals surface area contributed by atoms with Crippen LogP contribution in [0.4, 0.5) is 0 Å². The van der Waals surface area contributed by atoms with Crippen molar-refractivity contribution < 1.29 is 5.11 Å². The van der Waals surface area contributed by atoms with Crippen molar-refractivity contribution in [3.63, 3.8) is 0 Å². The minimum absolute atomic E-state index is 0.239. The van der Waals surface area contributed by atoms with Crippen molar-refractivity contribution in [1.29, 1.82) is 0 Å². The topological polar surface area (TPSA) is 50.9 Å². The minimum atomic E-state index is -0.239. The van der Waals surface area contributed by atoms with Crippen LogP contribution < -0.4 is 0 Å². The van der Waals surface area contributed by atoms with Crippen molar-refractivity contribution in [2.45, 2.75) is 32.8 Å².